The van der Waals surface area contributed by atoms with E-state index in [0.717, 1.165) is 25.4 Å². The van der Waals surface area contributed by atoms with Crippen LogP contribution >= 0.6 is 0 Å². The standard InChI is InChI=1S/C9H18N2O/c1-10-9(12)3-2-8-4-6-11-7-5-8/h8,11H,2-7H2,1H3,(H,10,12). The van der Waals surface area contributed by atoms with Crippen LogP contribution in [0.25, 0.3) is 0 Å². The van der Waals surface area contributed by atoms with E-state index in [0.29, 0.717) is 6.42 Å². The maximum absolute atomic E-state index is 10.9. The Morgan fingerprint density at radius 2 is 2.17 bits per heavy atom. The zero-order valence-corrected chi connectivity index (χ0v) is 7.73. The zero-order valence-electron chi connectivity index (χ0n) is 7.73. The molecule has 0 aromatic rings. The molecule has 0 saturated carbocycles. The molecule has 0 atom stereocenters. The van der Waals surface area contributed by atoms with Crippen LogP contribution < -0.4 is 10.6 Å². The van der Waals surface area contributed by atoms with Crippen LogP contribution in [0, 0.1) is 5.92 Å². The number of piperidine rings is 1. The van der Waals surface area contributed by atoms with E-state index in [9.17, 15) is 4.79 Å². The van der Waals surface area contributed by atoms with Crippen LogP contribution in [-0.4, -0.2) is 26.0 Å². The van der Waals surface area contributed by atoms with Gasteiger partial charge in [-0.2, -0.15) is 0 Å². The molecule has 1 saturated heterocycles. The molecule has 1 rings (SSSR count). The SMILES string of the molecule is CNC(=O)CCC1CCNCC1. The lowest BCUT2D eigenvalue weighted by Gasteiger charge is -2.21. The lowest BCUT2D eigenvalue weighted by Crippen LogP contribution is -2.28. The third-order valence-corrected chi connectivity index (χ3v) is 2.52. The summed E-state index contributed by atoms with van der Waals surface area (Å²) in [5.74, 6) is 0.942. The minimum atomic E-state index is 0.175. The van der Waals surface area contributed by atoms with Crippen molar-refractivity contribution < 1.29 is 4.79 Å². The highest BCUT2D eigenvalue weighted by molar-refractivity contribution is 5.75. The third-order valence-electron chi connectivity index (χ3n) is 2.52. The van der Waals surface area contributed by atoms with Gasteiger partial charge in [-0.15, -0.1) is 0 Å². The molecule has 12 heavy (non-hydrogen) atoms. The van der Waals surface area contributed by atoms with Crippen molar-refractivity contribution in [3.05, 3.63) is 0 Å². The predicted octanol–water partition coefficient (Wildman–Crippen LogP) is 0.512. The summed E-state index contributed by atoms with van der Waals surface area (Å²) >= 11 is 0. The molecule has 1 amide bonds. The van der Waals surface area contributed by atoms with Gasteiger partial charge in [0, 0.05) is 13.5 Å². The van der Waals surface area contributed by atoms with Crippen LogP contribution in [0.2, 0.25) is 0 Å². The first kappa shape index (κ1) is 9.52. The van der Waals surface area contributed by atoms with Crippen molar-refractivity contribution in [1.29, 1.82) is 0 Å². The molecule has 0 aromatic heterocycles. The Morgan fingerprint density at radius 3 is 2.75 bits per heavy atom. The van der Waals surface area contributed by atoms with Gasteiger partial charge in [-0.3, -0.25) is 4.79 Å². The van der Waals surface area contributed by atoms with Gasteiger partial charge >= 0.3 is 0 Å². The van der Waals surface area contributed by atoms with E-state index < -0.39 is 0 Å². The normalized spacial score (nSPS) is 19.1. The molecule has 0 radical (unpaired) electrons. The van der Waals surface area contributed by atoms with Gasteiger partial charge in [-0.25, -0.2) is 0 Å². The molecule has 70 valence electrons. The van der Waals surface area contributed by atoms with Crippen LogP contribution in [0.5, 0.6) is 0 Å². The molecular weight excluding hydrogens is 152 g/mol. The van der Waals surface area contributed by atoms with Gasteiger partial charge in [0.05, 0.1) is 0 Å². The molecule has 0 bridgehead atoms. The summed E-state index contributed by atoms with van der Waals surface area (Å²) in [5, 5.41) is 5.97. The number of nitrogens with one attached hydrogen (secondary N) is 2. The summed E-state index contributed by atoms with van der Waals surface area (Å²) < 4.78 is 0. The average Bonchev–Trinajstić information content (AvgIpc) is 2.16. The van der Waals surface area contributed by atoms with Crippen LogP contribution in [0.3, 0.4) is 0 Å². The fourth-order valence-electron chi connectivity index (χ4n) is 1.63. The Balaban J connectivity index is 2.09. The lowest BCUT2D eigenvalue weighted by molar-refractivity contribution is -0.120. The van der Waals surface area contributed by atoms with E-state index in [-0.39, 0.29) is 5.91 Å². The van der Waals surface area contributed by atoms with E-state index in [4.69, 9.17) is 0 Å². The van der Waals surface area contributed by atoms with Gasteiger partial charge in [0.2, 0.25) is 5.91 Å². The Bertz CT molecular complexity index is 141. The topological polar surface area (TPSA) is 41.1 Å². The van der Waals surface area contributed by atoms with Crippen molar-refractivity contribution in [3.8, 4) is 0 Å². The van der Waals surface area contributed by atoms with Gasteiger partial charge in [-0.05, 0) is 38.3 Å². The number of amides is 1. The Kier molecular flexibility index (Phi) is 4.08. The average molecular weight is 170 g/mol. The Morgan fingerprint density at radius 1 is 1.50 bits per heavy atom. The summed E-state index contributed by atoms with van der Waals surface area (Å²) in [6.45, 7) is 2.25. The van der Waals surface area contributed by atoms with Crippen LogP contribution in [0.15, 0.2) is 0 Å². The summed E-state index contributed by atoms with van der Waals surface area (Å²) in [6, 6.07) is 0. The molecule has 1 aliphatic rings. The number of carbonyl (C=O) groups is 1. The van der Waals surface area contributed by atoms with Crippen molar-refractivity contribution in [2.75, 3.05) is 20.1 Å². The van der Waals surface area contributed by atoms with Gasteiger partial charge in [-0.1, -0.05) is 0 Å². The third kappa shape index (κ3) is 3.22. The number of hydrogen-bond acceptors (Lipinski definition) is 2. The van der Waals surface area contributed by atoms with Crippen molar-refractivity contribution in [2.24, 2.45) is 5.92 Å². The van der Waals surface area contributed by atoms with Crippen LogP contribution in [-0.2, 0) is 4.79 Å². The molecule has 0 aliphatic carbocycles. The number of rotatable bonds is 3. The van der Waals surface area contributed by atoms with E-state index in [1.807, 2.05) is 0 Å². The Labute approximate surface area is 73.9 Å². The van der Waals surface area contributed by atoms with Gasteiger partial charge in [0.1, 0.15) is 0 Å². The first-order valence-corrected chi connectivity index (χ1v) is 4.74. The fourth-order valence-corrected chi connectivity index (χ4v) is 1.63. The molecule has 3 nitrogen and oxygen atoms in total. The summed E-state index contributed by atoms with van der Waals surface area (Å²) in [5.41, 5.74) is 0. The van der Waals surface area contributed by atoms with Gasteiger partial charge < -0.3 is 10.6 Å². The highest BCUT2D eigenvalue weighted by Crippen LogP contribution is 2.17. The highest BCUT2D eigenvalue weighted by atomic mass is 16.1. The molecule has 0 unspecified atom stereocenters. The van der Waals surface area contributed by atoms with Crippen LogP contribution in [0.4, 0.5) is 0 Å². The van der Waals surface area contributed by atoms with E-state index in [1.54, 1.807) is 7.05 Å². The minimum Gasteiger partial charge on any atom is -0.359 e. The summed E-state index contributed by atoms with van der Waals surface area (Å²) in [6.07, 6.45) is 4.22. The molecule has 1 heterocycles. The second-order valence-corrected chi connectivity index (χ2v) is 3.41. The summed E-state index contributed by atoms with van der Waals surface area (Å²) in [4.78, 5) is 10.9. The largest absolute Gasteiger partial charge is 0.359 e. The molecule has 0 spiro atoms. The van der Waals surface area contributed by atoms with Crippen molar-refractivity contribution in [2.45, 2.75) is 25.7 Å². The number of carbonyl (C=O) groups excluding carboxylic acids is 1. The van der Waals surface area contributed by atoms with Crippen molar-refractivity contribution >= 4 is 5.91 Å². The predicted molar refractivity (Wildman–Crippen MR) is 48.9 cm³/mol. The maximum atomic E-state index is 10.9. The van der Waals surface area contributed by atoms with E-state index >= 15 is 0 Å². The minimum absolute atomic E-state index is 0.175. The fraction of sp³-hybridized carbons (Fsp3) is 0.889. The zero-order chi connectivity index (χ0) is 8.81. The first-order chi connectivity index (χ1) is 5.83. The van der Waals surface area contributed by atoms with Gasteiger partial charge in [0.15, 0.2) is 0 Å². The lowest BCUT2D eigenvalue weighted by atomic mass is 9.93. The van der Waals surface area contributed by atoms with E-state index in [1.165, 1.54) is 12.8 Å². The molecule has 1 fully saturated rings. The number of hydrogen-bond donors (Lipinski definition) is 2. The first-order valence-electron chi connectivity index (χ1n) is 4.74. The van der Waals surface area contributed by atoms with Crippen molar-refractivity contribution in [1.82, 2.24) is 10.6 Å². The molecule has 1 aliphatic heterocycles. The summed E-state index contributed by atoms with van der Waals surface area (Å²) in [7, 11) is 1.70. The maximum Gasteiger partial charge on any atom is 0.219 e. The van der Waals surface area contributed by atoms with Crippen LogP contribution in [0.1, 0.15) is 25.7 Å². The molecule has 2 N–H and O–H groups in total. The second-order valence-electron chi connectivity index (χ2n) is 3.41. The van der Waals surface area contributed by atoms with Gasteiger partial charge in [0.25, 0.3) is 0 Å². The molecule has 0 aromatic carbocycles. The quantitative estimate of drug-likeness (QED) is 0.648. The smallest absolute Gasteiger partial charge is 0.219 e. The molecule has 3 heteroatoms. The van der Waals surface area contributed by atoms with E-state index in [2.05, 4.69) is 10.6 Å². The monoisotopic (exact) mass is 170 g/mol. The van der Waals surface area contributed by atoms with Crippen molar-refractivity contribution in [3.63, 3.8) is 0 Å². The highest BCUT2D eigenvalue weighted by Gasteiger charge is 2.13. The molecular formula is C9H18N2O. The second kappa shape index (κ2) is 5.14. The Hall–Kier alpha value is -0.570.